The quantitative estimate of drug-likeness (QED) is 0.358. The Labute approximate surface area is 144 Å². The number of carbonyl (C=O) groups is 2. The first-order valence-electron chi connectivity index (χ1n) is 7.67. The molecule has 2 aromatic rings. The van der Waals surface area contributed by atoms with Crippen LogP contribution in [0.4, 0.5) is 5.69 Å². The molecule has 1 unspecified atom stereocenters. The van der Waals surface area contributed by atoms with Crippen LogP contribution in [0.2, 0.25) is 0 Å². The van der Waals surface area contributed by atoms with Gasteiger partial charge in [-0.15, -0.1) is 0 Å². The molecule has 0 aliphatic rings. The van der Waals surface area contributed by atoms with Crippen molar-refractivity contribution in [2.75, 3.05) is 0 Å². The molecule has 0 aromatic heterocycles. The summed E-state index contributed by atoms with van der Waals surface area (Å²) in [5.74, 6) is -1.73. The lowest BCUT2D eigenvalue weighted by atomic mass is 9.95. The van der Waals surface area contributed by atoms with E-state index in [9.17, 15) is 19.7 Å². The van der Waals surface area contributed by atoms with E-state index in [0.717, 1.165) is 0 Å². The molecule has 7 heteroatoms. The van der Waals surface area contributed by atoms with Crippen molar-refractivity contribution in [1.29, 1.82) is 0 Å². The lowest BCUT2D eigenvalue weighted by molar-refractivity contribution is -0.384. The number of hydrogen-bond donors (Lipinski definition) is 1. The minimum atomic E-state index is -0.882. The number of ether oxygens (including phenoxy) is 1. The molecule has 0 saturated carbocycles. The van der Waals surface area contributed by atoms with E-state index in [4.69, 9.17) is 9.84 Å². The highest BCUT2D eigenvalue weighted by Gasteiger charge is 2.17. The number of carbonyl (C=O) groups excluding carboxylic acids is 1. The van der Waals surface area contributed by atoms with Gasteiger partial charge in [0.1, 0.15) is 5.75 Å². The van der Waals surface area contributed by atoms with E-state index < -0.39 is 22.8 Å². The number of benzene rings is 2. The predicted octanol–water partition coefficient (Wildman–Crippen LogP) is 3.32. The Hall–Kier alpha value is -3.22. The Bertz CT molecular complexity index is 767. The number of nitro groups is 1. The van der Waals surface area contributed by atoms with Gasteiger partial charge >= 0.3 is 11.9 Å². The highest BCUT2D eigenvalue weighted by Crippen LogP contribution is 2.21. The Balaban J connectivity index is 1.98. The van der Waals surface area contributed by atoms with E-state index in [0.29, 0.717) is 17.5 Å². The van der Waals surface area contributed by atoms with Crippen LogP contribution in [-0.4, -0.2) is 22.0 Å². The van der Waals surface area contributed by atoms with E-state index in [-0.39, 0.29) is 17.9 Å². The molecular formula is C18H17NO6. The monoisotopic (exact) mass is 343 g/mol. The van der Waals surface area contributed by atoms with Crippen LogP contribution >= 0.6 is 0 Å². The highest BCUT2D eigenvalue weighted by atomic mass is 16.6. The number of hydrogen-bond acceptors (Lipinski definition) is 5. The van der Waals surface area contributed by atoms with Gasteiger partial charge in [-0.1, -0.05) is 31.2 Å². The molecule has 2 rings (SSSR count). The second-order valence-corrected chi connectivity index (χ2v) is 5.44. The summed E-state index contributed by atoms with van der Waals surface area (Å²) in [6.07, 6.45) is 0.498. The van der Waals surface area contributed by atoms with Gasteiger partial charge in [0.05, 0.1) is 17.3 Å². The lowest BCUT2D eigenvalue weighted by Crippen LogP contribution is -2.12. The van der Waals surface area contributed by atoms with Gasteiger partial charge in [0, 0.05) is 12.1 Å². The maximum Gasteiger partial charge on any atom is 0.315 e. The Morgan fingerprint density at radius 2 is 1.72 bits per heavy atom. The van der Waals surface area contributed by atoms with Gasteiger partial charge in [-0.05, 0) is 29.7 Å². The Morgan fingerprint density at radius 3 is 2.20 bits per heavy atom. The van der Waals surface area contributed by atoms with Gasteiger partial charge in [0.15, 0.2) is 0 Å². The molecule has 0 heterocycles. The van der Waals surface area contributed by atoms with E-state index in [2.05, 4.69) is 0 Å². The van der Waals surface area contributed by atoms with E-state index in [1.807, 2.05) is 0 Å². The standard InChI is InChI=1S/C18H17NO6/c1-2-16(18(21)22)13-5-3-12(4-6-13)11-17(20)25-15-9-7-14(8-10-15)19(23)24/h3-10,16H,2,11H2,1H3,(H,21,22). The van der Waals surface area contributed by atoms with Crippen molar-refractivity contribution in [3.8, 4) is 5.75 Å². The maximum atomic E-state index is 11.9. The number of nitrogens with zero attached hydrogens (tertiary/aromatic N) is 1. The summed E-state index contributed by atoms with van der Waals surface area (Å²) in [7, 11) is 0. The smallest absolute Gasteiger partial charge is 0.315 e. The van der Waals surface area contributed by atoms with Gasteiger partial charge < -0.3 is 9.84 Å². The SMILES string of the molecule is CCC(C(=O)O)c1ccc(CC(=O)Oc2ccc([N+](=O)[O-])cc2)cc1. The minimum Gasteiger partial charge on any atom is -0.481 e. The number of carboxylic acids is 1. The summed E-state index contributed by atoms with van der Waals surface area (Å²) in [5, 5.41) is 19.7. The average Bonchev–Trinajstić information content (AvgIpc) is 2.57. The summed E-state index contributed by atoms with van der Waals surface area (Å²) in [6.45, 7) is 1.80. The molecule has 130 valence electrons. The summed E-state index contributed by atoms with van der Waals surface area (Å²) in [6, 6.07) is 12.0. The van der Waals surface area contributed by atoms with Crippen LogP contribution in [0.5, 0.6) is 5.75 Å². The third-order valence-corrected chi connectivity index (χ3v) is 3.72. The number of aliphatic carboxylic acids is 1. The van der Waals surface area contributed by atoms with Crippen molar-refractivity contribution < 1.29 is 24.4 Å². The largest absolute Gasteiger partial charge is 0.481 e. The van der Waals surface area contributed by atoms with Crippen molar-refractivity contribution in [3.05, 3.63) is 69.8 Å². The Kier molecular flexibility index (Phi) is 5.84. The fraction of sp³-hybridized carbons (Fsp3) is 0.222. The van der Waals surface area contributed by atoms with Crippen LogP contribution in [-0.2, 0) is 16.0 Å². The molecule has 1 atom stereocenters. The van der Waals surface area contributed by atoms with Crippen molar-refractivity contribution in [2.45, 2.75) is 25.7 Å². The zero-order valence-electron chi connectivity index (χ0n) is 13.5. The molecule has 1 N–H and O–H groups in total. The summed E-state index contributed by atoms with van der Waals surface area (Å²) in [4.78, 5) is 33.1. The molecule has 25 heavy (non-hydrogen) atoms. The Morgan fingerprint density at radius 1 is 1.12 bits per heavy atom. The van der Waals surface area contributed by atoms with E-state index in [1.54, 1.807) is 31.2 Å². The van der Waals surface area contributed by atoms with Crippen LogP contribution < -0.4 is 4.74 Å². The molecular weight excluding hydrogens is 326 g/mol. The van der Waals surface area contributed by atoms with Crippen LogP contribution in [0.15, 0.2) is 48.5 Å². The zero-order valence-corrected chi connectivity index (χ0v) is 13.5. The van der Waals surface area contributed by atoms with Crippen LogP contribution in [0.1, 0.15) is 30.4 Å². The second-order valence-electron chi connectivity index (χ2n) is 5.44. The van der Waals surface area contributed by atoms with Crippen molar-refractivity contribution in [2.24, 2.45) is 0 Å². The first-order valence-corrected chi connectivity index (χ1v) is 7.67. The molecule has 0 bridgehead atoms. The summed E-state index contributed by atoms with van der Waals surface area (Å²) in [5.41, 5.74) is 1.29. The highest BCUT2D eigenvalue weighted by molar-refractivity contribution is 5.77. The van der Waals surface area contributed by atoms with Crippen LogP contribution in [0.3, 0.4) is 0 Å². The maximum absolute atomic E-state index is 11.9. The van der Waals surface area contributed by atoms with Crippen molar-refractivity contribution >= 4 is 17.6 Å². The van der Waals surface area contributed by atoms with Gasteiger partial charge in [0.25, 0.3) is 5.69 Å². The predicted molar refractivity (Wildman–Crippen MR) is 89.5 cm³/mol. The molecule has 0 spiro atoms. The molecule has 0 fully saturated rings. The van der Waals surface area contributed by atoms with E-state index in [1.165, 1.54) is 24.3 Å². The molecule has 0 aliphatic carbocycles. The average molecular weight is 343 g/mol. The molecule has 7 nitrogen and oxygen atoms in total. The van der Waals surface area contributed by atoms with Gasteiger partial charge in [0.2, 0.25) is 0 Å². The summed E-state index contributed by atoms with van der Waals surface area (Å²) >= 11 is 0. The number of non-ortho nitro benzene ring substituents is 1. The van der Waals surface area contributed by atoms with Gasteiger partial charge in [-0.3, -0.25) is 19.7 Å². The lowest BCUT2D eigenvalue weighted by Gasteiger charge is -2.10. The fourth-order valence-electron chi connectivity index (χ4n) is 2.39. The molecule has 0 amide bonds. The van der Waals surface area contributed by atoms with Crippen LogP contribution in [0.25, 0.3) is 0 Å². The molecule has 2 aromatic carbocycles. The van der Waals surface area contributed by atoms with Crippen LogP contribution in [0, 0.1) is 10.1 Å². The first-order chi connectivity index (χ1) is 11.9. The topological polar surface area (TPSA) is 107 Å². The number of carboxylic acid groups (broad SMARTS) is 1. The summed E-state index contributed by atoms with van der Waals surface area (Å²) < 4.78 is 5.13. The number of esters is 1. The fourth-order valence-corrected chi connectivity index (χ4v) is 2.39. The third-order valence-electron chi connectivity index (χ3n) is 3.72. The number of rotatable bonds is 7. The second kappa shape index (κ2) is 8.05. The zero-order chi connectivity index (χ0) is 18.4. The normalized spacial score (nSPS) is 11.6. The van der Waals surface area contributed by atoms with E-state index >= 15 is 0 Å². The molecule has 0 aliphatic heterocycles. The first kappa shape index (κ1) is 18.1. The van der Waals surface area contributed by atoms with Gasteiger partial charge in [-0.2, -0.15) is 0 Å². The number of nitro benzene ring substituents is 1. The molecule has 0 saturated heterocycles. The van der Waals surface area contributed by atoms with Crippen molar-refractivity contribution in [3.63, 3.8) is 0 Å². The van der Waals surface area contributed by atoms with Crippen molar-refractivity contribution in [1.82, 2.24) is 0 Å². The molecule has 0 radical (unpaired) electrons. The third kappa shape index (κ3) is 4.87. The minimum absolute atomic E-state index is 0.0150. The van der Waals surface area contributed by atoms with Gasteiger partial charge in [-0.25, -0.2) is 0 Å².